The molecule has 1 aromatic heterocycles. The number of nitrogens with zero attached hydrogens (tertiary/aromatic N) is 1. The summed E-state index contributed by atoms with van der Waals surface area (Å²) in [7, 11) is 0. The molecule has 104 valence electrons. The average molecular weight is 269 g/mol. The minimum absolute atomic E-state index is 0.0573. The zero-order valence-corrected chi connectivity index (χ0v) is 11.5. The van der Waals surface area contributed by atoms with E-state index in [0.29, 0.717) is 6.10 Å². The maximum atomic E-state index is 5.75. The Morgan fingerprint density at radius 3 is 2.40 bits per heavy atom. The van der Waals surface area contributed by atoms with Crippen molar-refractivity contribution in [1.29, 1.82) is 0 Å². The van der Waals surface area contributed by atoms with Gasteiger partial charge in [0.1, 0.15) is 5.75 Å². The number of hydrogen-bond acceptors (Lipinski definition) is 4. The van der Waals surface area contributed by atoms with Crippen LogP contribution in [0, 0.1) is 6.92 Å². The van der Waals surface area contributed by atoms with Gasteiger partial charge in [-0.25, -0.2) is 5.43 Å². The fourth-order valence-corrected chi connectivity index (χ4v) is 2.15. The summed E-state index contributed by atoms with van der Waals surface area (Å²) in [4.78, 5) is 4.32. The molecule has 20 heavy (non-hydrogen) atoms. The van der Waals surface area contributed by atoms with Crippen molar-refractivity contribution >= 4 is 0 Å². The molecule has 0 amide bonds. The Bertz CT molecular complexity index is 561. The number of pyridine rings is 1. The molecule has 0 saturated heterocycles. The second-order valence-corrected chi connectivity index (χ2v) is 5.22. The zero-order valence-electron chi connectivity index (χ0n) is 11.5. The highest BCUT2D eigenvalue weighted by Crippen LogP contribution is 2.28. The molecule has 2 aromatic rings. The number of ether oxygens (including phenoxy) is 1. The molecule has 4 heteroatoms. The Morgan fingerprint density at radius 1 is 1.15 bits per heavy atom. The van der Waals surface area contributed by atoms with Crippen LogP contribution >= 0.6 is 0 Å². The lowest BCUT2D eigenvalue weighted by Crippen LogP contribution is -2.28. The molecule has 1 aromatic carbocycles. The van der Waals surface area contributed by atoms with E-state index in [4.69, 9.17) is 10.6 Å². The molecule has 1 aliphatic carbocycles. The number of aryl methyl sites for hydroxylation is 1. The lowest BCUT2D eigenvalue weighted by Gasteiger charge is -2.17. The van der Waals surface area contributed by atoms with Crippen molar-refractivity contribution in [2.24, 2.45) is 5.84 Å². The molecule has 1 heterocycles. The second-order valence-electron chi connectivity index (χ2n) is 5.22. The Labute approximate surface area is 119 Å². The number of rotatable bonds is 5. The molecule has 1 atom stereocenters. The summed E-state index contributed by atoms with van der Waals surface area (Å²) in [5.41, 5.74) is 5.99. The average Bonchev–Trinajstić information content (AvgIpc) is 3.27. The van der Waals surface area contributed by atoms with E-state index in [9.17, 15) is 0 Å². The number of hydrazine groups is 1. The highest BCUT2D eigenvalue weighted by Gasteiger charge is 2.23. The van der Waals surface area contributed by atoms with Gasteiger partial charge in [-0.15, -0.1) is 0 Å². The normalized spacial score (nSPS) is 15.9. The van der Waals surface area contributed by atoms with E-state index in [-0.39, 0.29) is 6.04 Å². The van der Waals surface area contributed by atoms with Crippen molar-refractivity contribution in [2.45, 2.75) is 31.9 Å². The van der Waals surface area contributed by atoms with Gasteiger partial charge in [-0.05, 0) is 49.1 Å². The number of nitrogens with one attached hydrogen (secondary N) is 1. The topological polar surface area (TPSA) is 60.2 Å². The Morgan fingerprint density at radius 2 is 1.85 bits per heavy atom. The molecule has 0 spiro atoms. The van der Waals surface area contributed by atoms with Gasteiger partial charge in [0.25, 0.3) is 0 Å². The van der Waals surface area contributed by atoms with Crippen LogP contribution in [-0.2, 0) is 0 Å². The van der Waals surface area contributed by atoms with Gasteiger partial charge in [0.15, 0.2) is 0 Å². The van der Waals surface area contributed by atoms with Crippen LogP contribution in [0.15, 0.2) is 42.6 Å². The first-order valence-corrected chi connectivity index (χ1v) is 6.91. The van der Waals surface area contributed by atoms with Crippen molar-refractivity contribution in [3.63, 3.8) is 0 Å². The Hall–Kier alpha value is -1.91. The van der Waals surface area contributed by atoms with Crippen LogP contribution < -0.4 is 16.0 Å². The van der Waals surface area contributed by atoms with Crippen molar-refractivity contribution in [1.82, 2.24) is 10.4 Å². The third-order valence-corrected chi connectivity index (χ3v) is 3.47. The summed E-state index contributed by atoms with van der Waals surface area (Å²) >= 11 is 0. The quantitative estimate of drug-likeness (QED) is 0.646. The zero-order chi connectivity index (χ0) is 13.9. The maximum absolute atomic E-state index is 5.75. The molecule has 0 radical (unpaired) electrons. The summed E-state index contributed by atoms with van der Waals surface area (Å²) < 4.78 is 5.75. The lowest BCUT2D eigenvalue weighted by atomic mass is 10.0. The highest BCUT2D eigenvalue weighted by atomic mass is 16.5. The molecule has 1 aliphatic rings. The van der Waals surface area contributed by atoms with Crippen LogP contribution in [0.3, 0.4) is 0 Å². The SMILES string of the molecule is Cc1ccc(C(NN)c2ccc(OC3CC3)cc2)cn1. The number of benzene rings is 1. The number of hydrogen-bond donors (Lipinski definition) is 2. The van der Waals surface area contributed by atoms with Gasteiger partial charge < -0.3 is 4.74 Å². The van der Waals surface area contributed by atoms with Gasteiger partial charge in [-0.1, -0.05) is 18.2 Å². The van der Waals surface area contributed by atoms with E-state index >= 15 is 0 Å². The van der Waals surface area contributed by atoms with Crippen LogP contribution in [0.4, 0.5) is 0 Å². The van der Waals surface area contributed by atoms with Crippen molar-refractivity contribution in [2.75, 3.05) is 0 Å². The summed E-state index contributed by atoms with van der Waals surface area (Å²) in [6.07, 6.45) is 4.62. The molecule has 3 N–H and O–H groups in total. The minimum atomic E-state index is -0.0573. The van der Waals surface area contributed by atoms with Crippen molar-refractivity contribution < 1.29 is 4.74 Å². The Kier molecular flexibility index (Phi) is 3.67. The van der Waals surface area contributed by atoms with Crippen molar-refractivity contribution in [3.8, 4) is 5.75 Å². The summed E-state index contributed by atoms with van der Waals surface area (Å²) in [6, 6.07) is 12.1. The smallest absolute Gasteiger partial charge is 0.119 e. The third kappa shape index (κ3) is 2.98. The fraction of sp³-hybridized carbons (Fsp3) is 0.312. The molecule has 1 unspecified atom stereocenters. The van der Waals surface area contributed by atoms with E-state index in [0.717, 1.165) is 22.6 Å². The second kappa shape index (κ2) is 5.61. The van der Waals surface area contributed by atoms with E-state index in [1.54, 1.807) is 0 Å². The first kappa shape index (κ1) is 13.1. The van der Waals surface area contributed by atoms with E-state index in [2.05, 4.69) is 10.4 Å². The fourth-order valence-electron chi connectivity index (χ4n) is 2.15. The number of aromatic nitrogens is 1. The molecule has 1 saturated carbocycles. The molecule has 3 rings (SSSR count). The standard InChI is InChI=1S/C16H19N3O/c1-11-2-3-13(10-18-11)16(19-17)12-4-6-14(7-5-12)20-15-8-9-15/h2-7,10,15-16,19H,8-9,17H2,1H3. The van der Waals surface area contributed by atoms with Gasteiger partial charge in [0, 0.05) is 11.9 Å². The van der Waals surface area contributed by atoms with Crippen LogP contribution in [0.2, 0.25) is 0 Å². The minimum Gasteiger partial charge on any atom is -0.490 e. The van der Waals surface area contributed by atoms with Crippen LogP contribution in [0.5, 0.6) is 5.75 Å². The summed E-state index contributed by atoms with van der Waals surface area (Å²) in [5, 5.41) is 0. The van der Waals surface area contributed by atoms with Gasteiger partial charge in [0.05, 0.1) is 12.1 Å². The molecule has 4 nitrogen and oxygen atoms in total. The van der Waals surface area contributed by atoms with Gasteiger partial charge in [0.2, 0.25) is 0 Å². The monoisotopic (exact) mass is 269 g/mol. The molecular formula is C16H19N3O. The van der Waals surface area contributed by atoms with Gasteiger partial charge in [-0.2, -0.15) is 0 Å². The molecule has 1 fully saturated rings. The van der Waals surface area contributed by atoms with Gasteiger partial charge >= 0.3 is 0 Å². The van der Waals surface area contributed by atoms with Crippen LogP contribution in [0.1, 0.15) is 35.7 Å². The molecule has 0 bridgehead atoms. The van der Waals surface area contributed by atoms with Crippen LogP contribution in [0.25, 0.3) is 0 Å². The molecular weight excluding hydrogens is 250 g/mol. The first-order valence-electron chi connectivity index (χ1n) is 6.91. The predicted octanol–water partition coefficient (Wildman–Crippen LogP) is 2.48. The largest absolute Gasteiger partial charge is 0.490 e. The van der Waals surface area contributed by atoms with E-state index < -0.39 is 0 Å². The number of nitrogens with two attached hydrogens (primary N) is 1. The first-order chi connectivity index (χ1) is 9.76. The Balaban J connectivity index is 1.79. The van der Waals surface area contributed by atoms with Crippen LogP contribution in [-0.4, -0.2) is 11.1 Å². The van der Waals surface area contributed by atoms with E-state index in [1.165, 1.54) is 12.8 Å². The van der Waals surface area contributed by atoms with Crippen molar-refractivity contribution in [3.05, 3.63) is 59.4 Å². The maximum Gasteiger partial charge on any atom is 0.119 e. The molecule has 0 aliphatic heterocycles. The van der Waals surface area contributed by atoms with Gasteiger partial charge in [-0.3, -0.25) is 10.8 Å². The summed E-state index contributed by atoms with van der Waals surface area (Å²) in [5.74, 6) is 6.62. The lowest BCUT2D eigenvalue weighted by molar-refractivity contribution is 0.303. The van der Waals surface area contributed by atoms with E-state index in [1.807, 2.05) is 49.5 Å². The third-order valence-electron chi connectivity index (χ3n) is 3.47. The highest BCUT2D eigenvalue weighted by molar-refractivity contribution is 5.35. The predicted molar refractivity (Wildman–Crippen MR) is 78.2 cm³/mol. The summed E-state index contributed by atoms with van der Waals surface area (Å²) in [6.45, 7) is 1.97.